The highest BCUT2D eigenvalue weighted by atomic mass is 35.5. The third-order valence-electron chi connectivity index (χ3n) is 0.668. The molecule has 78 valence electrons. The number of rotatable bonds is 5. The molecule has 0 bridgehead atoms. The summed E-state index contributed by atoms with van der Waals surface area (Å²) in [6, 6.07) is -3.44. The van der Waals surface area contributed by atoms with Gasteiger partial charge in [-0.1, -0.05) is 0 Å². The molecule has 0 aromatic carbocycles. The summed E-state index contributed by atoms with van der Waals surface area (Å²) in [5.41, 5.74) is 14.7. The normalized spacial score (nSPS) is 24.8. The lowest BCUT2D eigenvalue weighted by atomic mass is 11.1. The minimum absolute atomic E-state index is 0. The van der Waals surface area contributed by atoms with Gasteiger partial charge in [0.2, 0.25) is 0 Å². The number of halogens is 1. The summed E-state index contributed by atoms with van der Waals surface area (Å²) in [6.45, 7) is -3.32. The quantitative estimate of drug-likeness (QED) is 0.204. The van der Waals surface area contributed by atoms with Gasteiger partial charge in [-0.25, -0.2) is 0 Å². The topological polar surface area (TPSA) is 128 Å². The van der Waals surface area contributed by atoms with Gasteiger partial charge in [0.1, 0.15) is 6.02 Å². The molecule has 0 aromatic heterocycles. The van der Waals surface area contributed by atoms with E-state index in [1.54, 1.807) is 0 Å². The molecule has 0 unspecified atom stereocenters. The van der Waals surface area contributed by atoms with Gasteiger partial charge in [0.25, 0.3) is 0 Å². The number of hydrogen-bond acceptors (Lipinski definition) is 3. The van der Waals surface area contributed by atoms with Crippen LogP contribution >= 0.6 is 12.4 Å². The summed E-state index contributed by atoms with van der Waals surface area (Å²) in [5, 5.41) is 8.66. The Morgan fingerprint density at radius 1 is 1.69 bits per heavy atom. The number of carboxylic acid groups (broad SMARTS) is 1. The van der Waals surface area contributed by atoms with Crippen LogP contribution < -0.4 is 17.2 Å². The zero-order valence-electron chi connectivity index (χ0n) is 13.4. The van der Waals surface area contributed by atoms with Crippen LogP contribution in [0.3, 0.4) is 0 Å². The second-order valence-electron chi connectivity index (χ2n) is 1.62. The Kier molecular flexibility index (Phi) is 2.94. The highest BCUT2D eigenvalue weighted by Crippen LogP contribution is 1.94. The van der Waals surface area contributed by atoms with E-state index in [0.717, 1.165) is 0 Å². The van der Waals surface area contributed by atoms with Gasteiger partial charge in [-0.15, -0.1) is 12.4 Å². The number of nitrogens with two attached hydrogens (primary N) is 3. The lowest BCUT2D eigenvalue weighted by Crippen LogP contribution is -2.30. The van der Waals surface area contributed by atoms with Gasteiger partial charge in [-0.3, -0.25) is 9.79 Å². The summed E-state index contributed by atoms with van der Waals surface area (Å²) in [5.74, 6) is -3.03. The van der Waals surface area contributed by atoms with E-state index in [9.17, 15) is 4.79 Å². The number of aliphatic imine (C=N–C) groups is 1. The molecule has 0 spiro atoms. The molecule has 0 saturated heterocycles. The zero-order valence-corrected chi connectivity index (χ0v) is 7.26. The van der Waals surface area contributed by atoms with Crippen molar-refractivity contribution >= 4 is 24.3 Å². The van der Waals surface area contributed by atoms with Crippen LogP contribution in [0.2, 0.25) is 0 Å². The maximum absolute atomic E-state index is 10.7. The molecule has 0 aliphatic rings. The number of guanidine groups is 1. The Labute approximate surface area is 92.4 Å². The summed E-state index contributed by atoms with van der Waals surface area (Å²) in [4.78, 5) is 13.6. The highest BCUT2D eigenvalue weighted by Gasteiger charge is 2.09. The van der Waals surface area contributed by atoms with Gasteiger partial charge in [0.15, 0.2) is 5.96 Å². The van der Waals surface area contributed by atoms with E-state index in [2.05, 4.69) is 4.99 Å². The molecule has 0 aromatic rings. The van der Waals surface area contributed by atoms with Crippen molar-refractivity contribution in [3.05, 3.63) is 0 Å². The summed E-state index contributed by atoms with van der Waals surface area (Å²) >= 11 is 0. The molecule has 7 N–H and O–H groups in total. The number of carbonyl (C=O) groups is 1. The predicted octanol–water partition coefficient (Wildman–Crippen LogP) is -1.13. The average Bonchev–Trinajstić information content (AvgIpc) is 2.14. The molecule has 1 atom stereocenters. The van der Waals surface area contributed by atoms with Crippen molar-refractivity contribution in [1.29, 1.82) is 0 Å². The van der Waals surface area contributed by atoms with Crippen molar-refractivity contribution in [2.75, 3.05) is 6.50 Å². The molecule has 0 aliphatic heterocycles. The highest BCUT2D eigenvalue weighted by molar-refractivity contribution is 5.85. The summed E-state index contributed by atoms with van der Waals surface area (Å²) in [6.07, 6.45) is -7.22. The SMILES string of the molecule is Cl.[2H][13C]([2H])([15N]=[13C]([15NH2])[15NH2])[13C]([2H])([2H])[13C]([2H])([2H])[13C@]([2H])(N)[13C](=O)O. The number of aliphatic carboxylic acids is 1. The molecule has 0 amide bonds. The molecular formula is C6H15ClN4O2. The van der Waals surface area contributed by atoms with Crippen LogP contribution in [0.15, 0.2) is 4.99 Å². The maximum atomic E-state index is 10.7. The average molecular weight is 227 g/mol. The van der Waals surface area contributed by atoms with Crippen molar-refractivity contribution < 1.29 is 19.5 Å². The van der Waals surface area contributed by atoms with Crippen molar-refractivity contribution in [2.45, 2.75) is 18.8 Å². The lowest BCUT2D eigenvalue weighted by molar-refractivity contribution is -0.138. The second kappa shape index (κ2) is 7.63. The minimum Gasteiger partial charge on any atom is -0.480 e. The maximum Gasteiger partial charge on any atom is 0.320 e. The van der Waals surface area contributed by atoms with Gasteiger partial charge in [0.05, 0.1) is 4.11 Å². The number of nitrogens with zero attached hydrogens (tertiary/aromatic N) is 1. The minimum atomic E-state index is -3.63. The van der Waals surface area contributed by atoms with Crippen molar-refractivity contribution in [3.63, 3.8) is 0 Å². The second-order valence-corrected chi connectivity index (χ2v) is 1.62. The molecule has 0 rings (SSSR count). The van der Waals surface area contributed by atoms with Crippen LogP contribution in [0, 0.1) is 0 Å². The van der Waals surface area contributed by atoms with E-state index in [1.165, 1.54) is 0 Å². The molecule has 0 heterocycles. The van der Waals surface area contributed by atoms with E-state index >= 15 is 0 Å². The van der Waals surface area contributed by atoms with Crippen LogP contribution in [0.5, 0.6) is 0 Å². The monoisotopic (exact) mass is 226 g/mol. The third kappa shape index (κ3) is 8.90. The van der Waals surface area contributed by atoms with E-state index in [4.69, 9.17) is 31.9 Å². The van der Waals surface area contributed by atoms with E-state index in [0.29, 0.717) is 0 Å². The molecule has 0 saturated carbocycles. The van der Waals surface area contributed by atoms with E-state index < -0.39 is 37.2 Å². The molecule has 0 fully saturated rings. The van der Waals surface area contributed by atoms with Gasteiger partial charge in [-0.05, 0) is 12.7 Å². The van der Waals surface area contributed by atoms with Crippen LogP contribution in [0.1, 0.15) is 22.3 Å². The Balaban J connectivity index is 0. The first-order valence-electron chi connectivity index (χ1n) is 6.24. The Morgan fingerprint density at radius 2 is 2.23 bits per heavy atom. The van der Waals surface area contributed by atoms with Crippen LogP contribution in [-0.2, 0) is 4.79 Å². The van der Waals surface area contributed by atoms with Crippen LogP contribution in [-0.4, -0.2) is 29.6 Å². The van der Waals surface area contributed by atoms with Gasteiger partial charge in [0, 0.05) is 12.0 Å². The largest absolute Gasteiger partial charge is 0.480 e. The molecule has 6 nitrogen and oxygen atoms in total. The zero-order chi connectivity index (χ0) is 15.9. The smallest absolute Gasteiger partial charge is 0.320 e. The number of hydrogen-bond donors (Lipinski definition) is 4. The van der Waals surface area contributed by atoms with Gasteiger partial charge >= 0.3 is 5.97 Å². The molecule has 7 heteroatoms. The van der Waals surface area contributed by atoms with Crippen molar-refractivity contribution in [1.82, 2.24) is 0 Å². The summed E-state index contributed by atoms with van der Waals surface area (Å²) < 4.78 is 51.4. The predicted molar refractivity (Wildman–Crippen MR) is 52.8 cm³/mol. The Hall–Kier alpha value is -1.01. The Morgan fingerprint density at radius 3 is 2.62 bits per heavy atom. The third-order valence-corrected chi connectivity index (χ3v) is 0.668. The molecular weight excluding hydrogens is 204 g/mol. The van der Waals surface area contributed by atoms with E-state index in [1.807, 2.05) is 0 Å². The van der Waals surface area contributed by atoms with Crippen molar-refractivity contribution in [3.8, 4) is 0 Å². The van der Waals surface area contributed by atoms with E-state index in [-0.39, 0.29) is 12.4 Å². The first kappa shape index (κ1) is 5.02. The number of carboxylic acids is 1. The molecule has 13 heavy (non-hydrogen) atoms. The summed E-state index contributed by atoms with van der Waals surface area (Å²) in [7, 11) is 0. The van der Waals surface area contributed by atoms with Gasteiger partial charge in [-0.2, -0.15) is 0 Å². The standard InChI is InChI=1S/C6H14N4O2.ClH/c7-4(5(11)12)2-1-3-10-6(8)9;/h4H,1-3,7H2,(H,11,12)(H4,8,9,10);1H/t4-;/m0./s1/i1+1D2,2+1D2,3+1D2,4+1D,5+1,6+1,8+1,9+1,10+1;. The van der Waals surface area contributed by atoms with Crippen LogP contribution in [0.4, 0.5) is 0 Å². The van der Waals surface area contributed by atoms with Crippen LogP contribution in [0.25, 0.3) is 0 Å². The van der Waals surface area contributed by atoms with Gasteiger partial charge < -0.3 is 22.3 Å². The molecule has 0 aliphatic carbocycles. The first-order valence-corrected chi connectivity index (χ1v) is 2.74. The molecule has 0 radical (unpaired) electrons. The lowest BCUT2D eigenvalue weighted by Gasteiger charge is -2.03. The fourth-order valence-corrected chi connectivity index (χ4v) is 0.241. The first-order chi connectivity index (χ1) is 8.11. The fraction of sp³-hybridized carbons (Fsp3) is 0.667. The van der Waals surface area contributed by atoms with Crippen molar-refractivity contribution in [2.24, 2.45) is 22.2 Å². The fourth-order valence-electron chi connectivity index (χ4n) is 0.241. The Bertz CT molecular complexity index is 410.